The Morgan fingerprint density at radius 2 is 1.89 bits per heavy atom. The Kier molecular flexibility index (Phi) is 4.79. The van der Waals surface area contributed by atoms with E-state index in [0.29, 0.717) is 18.6 Å². The molecule has 1 saturated carbocycles. The first-order valence-corrected chi connectivity index (χ1v) is 7.13. The Balaban J connectivity index is 2.02. The minimum atomic E-state index is 0.0520. The van der Waals surface area contributed by atoms with E-state index in [9.17, 15) is 0 Å². The van der Waals surface area contributed by atoms with Gasteiger partial charge in [-0.25, -0.2) is 0 Å². The number of nitrogens with two attached hydrogens (primary N) is 1. The highest BCUT2D eigenvalue weighted by Gasteiger charge is 2.25. The quantitative estimate of drug-likeness (QED) is 0.882. The van der Waals surface area contributed by atoms with Gasteiger partial charge in [-0.2, -0.15) is 0 Å². The smallest absolute Gasteiger partial charge is 0.0950 e. The molecule has 0 radical (unpaired) electrons. The molecule has 3 atom stereocenters. The van der Waals surface area contributed by atoms with Crippen LogP contribution in [0.1, 0.15) is 49.8 Å². The van der Waals surface area contributed by atoms with Crippen LogP contribution in [0.4, 0.5) is 0 Å². The average molecular weight is 247 g/mol. The third-order valence-electron chi connectivity index (χ3n) is 4.04. The molecular formula is C16H25NO. The van der Waals surface area contributed by atoms with E-state index in [1.807, 2.05) is 0 Å². The van der Waals surface area contributed by atoms with Gasteiger partial charge in [-0.1, -0.05) is 49.6 Å². The maximum Gasteiger partial charge on any atom is 0.0950 e. The standard InChI is InChI=1S/C16H25NO/c1-12-7-9-14(10-8-12)16(11-17)18-15-6-4-3-5-13(15)2/h7-10,13,15-16H,3-6,11,17H2,1-2H3. The van der Waals surface area contributed by atoms with E-state index >= 15 is 0 Å². The van der Waals surface area contributed by atoms with Crippen LogP contribution in [0, 0.1) is 12.8 Å². The van der Waals surface area contributed by atoms with Gasteiger partial charge in [-0.3, -0.25) is 0 Å². The van der Waals surface area contributed by atoms with Crippen LogP contribution in [0.15, 0.2) is 24.3 Å². The summed E-state index contributed by atoms with van der Waals surface area (Å²) >= 11 is 0. The van der Waals surface area contributed by atoms with E-state index in [2.05, 4.69) is 38.1 Å². The van der Waals surface area contributed by atoms with Crippen molar-refractivity contribution in [1.29, 1.82) is 0 Å². The number of aryl methyl sites for hydroxylation is 1. The van der Waals surface area contributed by atoms with Crippen LogP contribution in [-0.4, -0.2) is 12.6 Å². The van der Waals surface area contributed by atoms with Crippen molar-refractivity contribution in [3.8, 4) is 0 Å². The Labute approximate surface area is 111 Å². The Morgan fingerprint density at radius 1 is 1.22 bits per heavy atom. The first-order valence-electron chi connectivity index (χ1n) is 7.13. The summed E-state index contributed by atoms with van der Waals surface area (Å²) < 4.78 is 6.25. The van der Waals surface area contributed by atoms with Crippen molar-refractivity contribution in [3.63, 3.8) is 0 Å². The SMILES string of the molecule is Cc1ccc(C(CN)OC2CCCCC2C)cc1. The van der Waals surface area contributed by atoms with Gasteiger partial charge in [-0.15, -0.1) is 0 Å². The maximum atomic E-state index is 6.25. The van der Waals surface area contributed by atoms with Gasteiger partial charge in [0.25, 0.3) is 0 Å². The van der Waals surface area contributed by atoms with Gasteiger partial charge in [0.1, 0.15) is 0 Å². The zero-order valence-corrected chi connectivity index (χ0v) is 11.6. The summed E-state index contributed by atoms with van der Waals surface area (Å²) in [6.07, 6.45) is 5.54. The summed E-state index contributed by atoms with van der Waals surface area (Å²) in [5, 5.41) is 0. The number of ether oxygens (including phenoxy) is 1. The lowest BCUT2D eigenvalue weighted by atomic mass is 9.87. The van der Waals surface area contributed by atoms with Gasteiger partial charge in [0.2, 0.25) is 0 Å². The fraction of sp³-hybridized carbons (Fsp3) is 0.625. The molecule has 2 rings (SSSR count). The highest BCUT2D eigenvalue weighted by Crippen LogP contribution is 2.30. The third kappa shape index (κ3) is 3.33. The Bertz CT molecular complexity index is 360. The van der Waals surface area contributed by atoms with Gasteiger partial charge < -0.3 is 10.5 Å². The lowest BCUT2D eigenvalue weighted by Gasteiger charge is -2.32. The minimum Gasteiger partial charge on any atom is -0.369 e. The summed E-state index contributed by atoms with van der Waals surface area (Å²) in [6, 6.07) is 8.54. The molecule has 0 aliphatic heterocycles. The maximum absolute atomic E-state index is 6.25. The van der Waals surface area contributed by atoms with Crippen LogP contribution in [0.2, 0.25) is 0 Å². The van der Waals surface area contributed by atoms with Gasteiger partial charge in [-0.05, 0) is 31.2 Å². The molecule has 2 heteroatoms. The summed E-state index contributed by atoms with van der Waals surface area (Å²) in [7, 11) is 0. The van der Waals surface area contributed by atoms with Crippen molar-refractivity contribution < 1.29 is 4.74 Å². The number of hydrogen-bond acceptors (Lipinski definition) is 2. The predicted octanol–water partition coefficient (Wildman–Crippen LogP) is 3.59. The number of hydrogen-bond donors (Lipinski definition) is 1. The number of rotatable bonds is 4. The van der Waals surface area contributed by atoms with Gasteiger partial charge >= 0.3 is 0 Å². The molecule has 1 aliphatic carbocycles. The summed E-state index contributed by atoms with van der Waals surface area (Å²) in [5.41, 5.74) is 8.37. The van der Waals surface area contributed by atoms with Crippen molar-refractivity contribution in [2.75, 3.05) is 6.54 Å². The fourth-order valence-corrected chi connectivity index (χ4v) is 2.75. The average Bonchev–Trinajstić information content (AvgIpc) is 2.39. The van der Waals surface area contributed by atoms with Gasteiger partial charge in [0.05, 0.1) is 12.2 Å². The lowest BCUT2D eigenvalue weighted by Crippen LogP contribution is -2.30. The minimum absolute atomic E-state index is 0.0520. The molecule has 2 N–H and O–H groups in total. The monoisotopic (exact) mass is 247 g/mol. The van der Waals surface area contributed by atoms with E-state index in [4.69, 9.17) is 10.5 Å². The largest absolute Gasteiger partial charge is 0.369 e. The first-order chi connectivity index (χ1) is 8.70. The molecule has 3 unspecified atom stereocenters. The van der Waals surface area contributed by atoms with E-state index in [-0.39, 0.29) is 6.10 Å². The highest BCUT2D eigenvalue weighted by atomic mass is 16.5. The van der Waals surface area contributed by atoms with Crippen LogP contribution in [-0.2, 0) is 4.74 Å². The van der Waals surface area contributed by atoms with Crippen LogP contribution in [0.3, 0.4) is 0 Å². The first kappa shape index (κ1) is 13.6. The Morgan fingerprint density at radius 3 is 2.50 bits per heavy atom. The van der Waals surface area contributed by atoms with Gasteiger partial charge in [0.15, 0.2) is 0 Å². The molecule has 2 nitrogen and oxygen atoms in total. The van der Waals surface area contributed by atoms with Crippen LogP contribution < -0.4 is 5.73 Å². The zero-order valence-electron chi connectivity index (χ0n) is 11.6. The van der Waals surface area contributed by atoms with Crippen molar-refractivity contribution in [2.45, 2.75) is 51.7 Å². The lowest BCUT2D eigenvalue weighted by molar-refractivity contribution is -0.0533. The molecule has 0 heterocycles. The second-order valence-electron chi connectivity index (χ2n) is 5.57. The Hall–Kier alpha value is -0.860. The highest BCUT2D eigenvalue weighted by molar-refractivity contribution is 5.23. The molecule has 0 aromatic heterocycles. The van der Waals surface area contributed by atoms with E-state index in [0.717, 1.165) is 0 Å². The fourth-order valence-electron chi connectivity index (χ4n) is 2.75. The molecule has 0 amide bonds. The second kappa shape index (κ2) is 6.35. The molecule has 18 heavy (non-hydrogen) atoms. The molecule has 1 fully saturated rings. The summed E-state index contributed by atoms with van der Waals surface area (Å²) in [6.45, 7) is 4.96. The molecule has 0 bridgehead atoms. The van der Waals surface area contributed by atoms with Crippen molar-refractivity contribution in [3.05, 3.63) is 35.4 Å². The molecular weight excluding hydrogens is 222 g/mol. The van der Waals surface area contributed by atoms with E-state index in [1.54, 1.807) is 0 Å². The molecule has 0 spiro atoms. The second-order valence-corrected chi connectivity index (χ2v) is 5.57. The predicted molar refractivity (Wildman–Crippen MR) is 75.5 cm³/mol. The molecule has 0 saturated heterocycles. The van der Waals surface area contributed by atoms with Crippen LogP contribution in [0.5, 0.6) is 0 Å². The van der Waals surface area contributed by atoms with Crippen LogP contribution >= 0.6 is 0 Å². The number of benzene rings is 1. The summed E-state index contributed by atoms with van der Waals surface area (Å²) in [4.78, 5) is 0. The van der Waals surface area contributed by atoms with E-state index in [1.165, 1.54) is 36.8 Å². The van der Waals surface area contributed by atoms with E-state index < -0.39 is 0 Å². The summed E-state index contributed by atoms with van der Waals surface area (Å²) in [5.74, 6) is 0.665. The molecule has 1 aliphatic rings. The third-order valence-corrected chi connectivity index (χ3v) is 4.04. The topological polar surface area (TPSA) is 35.2 Å². The van der Waals surface area contributed by atoms with Crippen molar-refractivity contribution in [2.24, 2.45) is 11.7 Å². The van der Waals surface area contributed by atoms with Crippen LogP contribution in [0.25, 0.3) is 0 Å². The van der Waals surface area contributed by atoms with Gasteiger partial charge in [0, 0.05) is 6.54 Å². The van der Waals surface area contributed by atoms with Crippen molar-refractivity contribution in [1.82, 2.24) is 0 Å². The molecule has 1 aromatic rings. The molecule has 100 valence electrons. The van der Waals surface area contributed by atoms with Crippen molar-refractivity contribution >= 4 is 0 Å². The normalized spacial score (nSPS) is 25.9. The zero-order chi connectivity index (χ0) is 13.0. The molecule has 1 aromatic carbocycles.